The van der Waals surface area contributed by atoms with Gasteiger partial charge in [0.15, 0.2) is 0 Å². The first-order chi connectivity index (χ1) is 17.6. The molecule has 3 rings (SSSR count). The summed E-state index contributed by atoms with van der Waals surface area (Å²) in [6.07, 6.45) is -4.39. The average molecular weight is 602 g/mol. The van der Waals surface area contributed by atoms with E-state index in [1.54, 1.807) is 0 Å². The molecule has 0 heterocycles. The van der Waals surface area contributed by atoms with Crippen LogP contribution < -0.4 is 19.7 Å². The van der Waals surface area contributed by atoms with Crippen molar-refractivity contribution in [3.63, 3.8) is 0 Å². The molecule has 0 aliphatic heterocycles. The summed E-state index contributed by atoms with van der Waals surface area (Å²) >= 11 is -5.14. The third-order valence-corrected chi connectivity index (χ3v) is 6.67. The van der Waals surface area contributed by atoms with Crippen molar-refractivity contribution in [3.05, 3.63) is 77.6 Å². The molecule has 5 N–H and O–H groups in total. The van der Waals surface area contributed by atoms with Gasteiger partial charge in [-0.05, 0) is 29.8 Å². The molecule has 14 heteroatoms. The summed E-state index contributed by atoms with van der Waals surface area (Å²) in [6, 6.07) is 12.1. The van der Waals surface area contributed by atoms with Gasteiger partial charge < -0.3 is 10.1 Å². The maximum atomic E-state index is 13.7. The number of carbonyl (C=O) groups excluding carboxylic acids is 2. The second kappa shape index (κ2) is 12.6. The number of nitrogens with one attached hydrogen (secondary N) is 2. The van der Waals surface area contributed by atoms with Crippen LogP contribution in [0, 0.1) is 5.82 Å². The van der Waals surface area contributed by atoms with E-state index in [1.807, 2.05) is 0 Å². The average Bonchev–Trinajstić information content (AvgIpc) is 2.79. The Hall–Kier alpha value is -3.80. The first-order valence-corrected chi connectivity index (χ1v) is 14.0. The van der Waals surface area contributed by atoms with Crippen LogP contribution in [0.5, 0.6) is 11.5 Å². The Morgan fingerprint density at radius 1 is 0.947 bits per heavy atom. The fraction of sp³-hybridized carbons (Fsp3) is 0.167. The third kappa shape index (κ3) is 9.25. The molecule has 0 bridgehead atoms. The molecule has 38 heavy (non-hydrogen) atoms. The number of phenolic OH excluding ortho intramolecular Hbond substituents is 1. The topological polar surface area (TPSA) is 145 Å². The third-order valence-electron chi connectivity index (χ3n) is 4.57. The number of anilines is 2. The van der Waals surface area contributed by atoms with E-state index < -0.39 is 43.5 Å². The van der Waals surface area contributed by atoms with Gasteiger partial charge in [0.2, 0.25) is 5.91 Å². The van der Waals surface area contributed by atoms with Crippen molar-refractivity contribution in [2.45, 2.75) is 26.6 Å². The number of phenols is 1. The van der Waals surface area contributed by atoms with Crippen LogP contribution in [0.3, 0.4) is 0 Å². The number of amides is 2. The monoisotopic (exact) mass is 602 g/mol. The molecule has 0 aliphatic rings. The van der Waals surface area contributed by atoms with Crippen molar-refractivity contribution in [2.75, 3.05) is 10.6 Å². The maximum Gasteiger partial charge on any atom is 0.416 e. The van der Waals surface area contributed by atoms with Gasteiger partial charge in [0.25, 0.3) is 0 Å². The summed E-state index contributed by atoms with van der Waals surface area (Å²) in [7, 11) is 0. The summed E-state index contributed by atoms with van der Waals surface area (Å²) in [6.45, 7) is 2.44. The fourth-order valence-corrected chi connectivity index (χ4v) is 4.47. The molecule has 3 aromatic rings. The van der Waals surface area contributed by atoms with Crippen molar-refractivity contribution in [1.29, 1.82) is 0 Å². The van der Waals surface area contributed by atoms with Gasteiger partial charge in [-0.15, -0.1) is 0 Å². The molecule has 0 saturated heterocycles. The molecular formula is C24H23AsF4N2O7. The fourth-order valence-electron chi connectivity index (χ4n) is 2.91. The van der Waals surface area contributed by atoms with E-state index in [4.69, 9.17) is 12.9 Å². The summed E-state index contributed by atoms with van der Waals surface area (Å²) in [5, 5.41) is 13.9. The van der Waals surface area contributed by atoms with Crippen LogP contribution in [-0.2, 0) is 26.1 Å². The minimum absolute atomic E-state index is 0.00292. The summed E-state index contributed by atoms with van der Waals surface area (Å²) in [5.41, 5.74) is -0.423. The Morgan fingerprint density at radius 3 is 2.05 bits per heavy atom. The number of hydrogen-bond acceptors (Lipinski definition) is 5. The Kier molecular flexibility index (Phi) is 10.1. The predicted octanol–water partition coefficient (Wildman–Crippen LogP) is 3.29. The number of carbonyl (C=O) groups is 2. The number of benzene rings is 3. The number of hydrogen-bond donors (Lipinski definition) is 5. The van der Waals surface area contributed by atoms with Gasteiger partial charge in [-0.2, -0.15) is 13.2 Å². The Balaban J connectivity index is 0.000000293. The molecule has 0 saturated carbocycles. The van der Waals surface area contributed by atoms with Crippen molar-refractivity contribution in [2.24, 2.45) is 0 Å². The molecule has 0 aliphatic carbocycles. The van der Waals surface area contributed by atoms with Gasteiger partial charge >= 0.3 is 94.3 Å². The number of alkyl halides is 3. The molecule has 204 valence electrons. The SMILES string of the molecule is CC(=O)Nc1c(O)cccc1[As](=O)(O)O.CC(=O)Nc1ccc(OCc2ccc(C(F)(F)F)cc2)cc1F. The number of ether oxygens (including phenoxy) is 1. The number of rotatable bonds is 6. The van der Waals surface area contributed by atoms with Gasteiger partial charge in [0.1, 0.15) is 18.2 Å². The predicted molar refractivity (Wildman–Crippen MR) is 129 cm³/mol. The molecular weight excluding hydrogens is 579 g/mol. The van der Waals surface area contributed by atoms with Crippen molar-refractivity contribution >= 4 is 41.7 Å². The van der Waals surface area contributed by atoms with E-state index in [1.165, 1.54) is 56.3 Å². The van der Waals surface area contributed by atoms with Crippen molar-refractivity contribution in [3.8, 4) is 11.5 Å². The Bertz CT molecular complexity index is 1340. The molecule has 0 unspecified atom stereocenters. The van der Waals surface area contributed by atoms with Crippen LogP contribution in [0.1, 0.15) is 25.0 Å². The molecule has 0 radical (unpaired) electrons. The molecule has 3 aromatic carbocycles. The molecule has 0 fully saturated rings. The first-order valence-electron chi connectivity index (χ1n) is 10.6. The van der Waals surface area contributed by atoms with Gasteiger partial charge in [-0.25, -0.2) is 4.39 Å². The van der Waals surface area contributed by atoms with Gasteiger partial charge in [0, 0.05) is 13.0 Å². The van der Waals surface area contributed by atoms with Crippen molar-refractivity contribution in [1.82, 2.24) is 0 Å². The zero-order valence-electron chi connectivity index (χ0n) is 19.9. The van der Waals surface area contributed by atoms with E-state index in [2.05, 4.69) is 10.6 Å². The first kappa shape index (κ1) is 30.4. The molecule has 2 amide bonds. The Labute approximate surface area is 217 Å². The zero-order chi connectivity index (χ0) is 28.7. The van der Waals surface area contributed by atoms with Crippen LogP contribution in [0.25, 0.3) is 0 Å². The van der Waals surface area contributed by atoms with Crippen LogP contribution >= 0.6 is 0 Å². The molecule has 0 aromatic heterocycles. The smallest absolute Gasteiger partial charge is 0.416 e. The van der Waals surface area contributed by atoms with E-state index in [0.717, 1.165) is 18.2 Å². The number of para-hydroxylation sites is 1. The number of halogens is 4. The minimum Gasteiger partial charge on any atom is -0.489 e. The minimum atomic E-state index is -5.14. The largest absolute Gasteiger partial charge is 0.489 e. The second-order valence-electron chi connectivity index (χ2n) is 7.70. The van der Waals surface area contributed by atoms with E-state index >= 15 is 0 Å². The zero-order valence-corrected chi connectivity index (χ0v) is 21.8. The summed E-state index contributed by atoms with van der Waals surface area (Å²) in [4.78, 5) is 21.6. The molecule has 9 nitrogen and oxygen atoms in total. The second-order valence-corrected chi connectivity index (χ2v) is 11.0. The van der Waals surface area contributed by atoms with E-state index in [9.17, 15) is 36.0 Å². The molecule has 0 spiro atoms. The van der Waals surface area contributed by atoms with Gasteiger partial charge in [0.05, 0.1) is 11.3 Å². The van der Waals surface area contributed by atoms with Crippen molar-refractivity contribution < 1.29 is 48.9 Å². The number of aromatic hydroxyl groups is 1. The van der Waals surface area contributed by atoms with Crippen LogP contribution in [0.2, 0.25) is 0 Å². The van der Waals surface area contributed by atoms with Crippen LogP contribution in [0.15, 0.2) is 60.7 Å². The quantitative estimate of drug-likeness (QED) is 0.166. The standard InChI is InChI=1S/C16H13F4NO2.C8H10AsNO5/c1-10(22)21-15-7-6-13(8-14(15)17)23-9-11-2-4-12(5-3-11)16(18,19)20;1-5(11)10-8-6(9(13,14)15)3-2-4-7(8)12/h2-8H,9H2,1H3,(H,21,22);2-4,12H,1H3,(H,10,11)(H2,13,14,15). The van der Waals surface area contributed by atoms with Gasteiger partial charge in [-0.1, -0.05) is 12.1 Å². The van der Waals surface area contributed by atoms with E-state index in [0.29, 0.717) is 5.56 Å². The summed E-state index contributed by atoms with van der Waals surface area (Å²) in [5.74, 6) is -1.74. The van der Waals surface area contributed by atoms with Crippen LogP contribution in [-0.4, -0.2) is 39.3 Å². The maximum absolute atomic E-state index is 13.7. The van der Waals surface area contributed by atoms with Crippen LogP contribution in [0.4, 0.5) is 28.9 Å². The Morgan fingerprint density at radius 2 is 1.55 bits per heavy atom. The molecule has 0 atom stereocenters. The van der Waals surface area contributed by atoms with Gasteiger partial charge in [-0.3, -0.25) is 4.79 Å². The normalized spacial score (nSPS) is 11.2. The summed E-state index contributed by atoms with van der Waals surface area (Å²) < 4.78 is 85.1. The van der Waals surface area contributed by atoms with E-state index in [-0.39, 0.29) is 33.8 Å².